The number of thiophene rings is 1. The van der Waals surface area contributed by atoms with Crippen molar-refractivity contribution in [3.8, 4) is 0 Å². The lowest BCUT2D eigenvalue weighted by molar-refractivity contribution is -0.131. The molecule has 0 spiro atoms. The van der Waals surface area contributed by atoms with E-state index < -0.39 is 5.97 Å². The van der Waals surface area contributed by atoms with E-state index in [-0.39, 0.29) is 0 Å². The first-order valence-corrected chi connectivity index (χ1v) is 8.33. The number of carbonyl (C=O) groups is 1. The quantitative estimate of drug-likeness (QED) is 0.810. The highest BCUT2D eigenvalue weighted by Gasteiger charge is 2.32. The summed E-state index contributed by atoms with van der Waals surface area (Å²) < 4.78 is 6.11. The largest absolute Gasteiger partial charge is 0.478 e. The topological polar surface area (TPSA) is 46.5 Å². The number of carboxylic acids is 1. The summed E-state index contributed by atoms with van der Waals surface area (Å²) in [5.41, 5.74) is 1.30. The molecular weight excluding hydrogens is 284 g/mol. The number of hydrogen-bond donors (Lipinski definition) is 1. The molecule has 21 heavy (non-hydrogen) atoms. The van der Waals surface area contributed by atoms with Crippen molar-refractivity contribution in [1.82, 2.24) is 0 Å². The van der Waals surface area contributed by atoms with Gasteiger partial charge < -0.3 is 9.84 Å². The van der Waals surface area contributed by atoms with Crippen LogP contribution < -0.4 is 0 Å². The molecule has 0 saturated heterocycles. The van der Waals surface area contributed by atoms with Gasteiger partial charge in [-0.05, 0) is 53.7 Å². The smallest absolute Gasteiger partial charge is 0.328 e. The van der Waals surface area contributed by atoms with Gasteiger partial charge in [-0.2, -0.15) is 0 Å². The Balaban J connectivity index is 1.94. The summed E-state index contributed by atoms with van der Waals surface area (Å²) >= 11 is 1.62. The molecule has 1 N–H and O–H groups in total. The van der Waals surface area contributed by atoms with E-state index in [9.17, 15) is 4.79 Å². The third-order valence-electron chi connectivity index (χ3n) is 3.98. The van der Waals surface area contributed by atoms with Crippen LogP contribution in [0.5, 0.6) is 0 Å². The van der Waals surface area contributed by atoms with Crippen molar-refractivity contribution < 1.29 is 14.6 Å². The maximum atomic E-state index is 10.6. The zero-order valence-corrected chi connectivity index (χ0v) is 13.8. The molecular formula is C17H24O3S. The van der Waals surface area contributed by atoms with E-state index in [1.807, 2.05) is 11.4 Å². The second-order valence-corrected chi connectivity index (χ2v) is 7.82. The fourth-order valence-electron chi connectivity index (χ4n) is 3.36. The van der Waals surface area contributed by atoms with Gasteiger partial charge in [0.05, 0.1) is 12.7 Å². The minimum atomic E-state index is -0.920. The maximum absolute atomic E-state index is 10.6. The minimum absolute atomic E-state index is 0.308. The first-order valence-electron chi connectivity index (χ1n) is 7.45. The van der Waals surface area contributed by atoms with Gasteiger partial charge in [0.2, 0.25) is 0 Å². The predicted octanol–water partition coefficient (Wildman–Crippen LogP) is 4.58. The molecule has 1 fully saturated rings. The first kappa shape index (κ1) is 16.2. The molecule has 0 aliphatic heterocycles. The molecule has 1 aliphatic rings. The second-order valence-electron chi connectivity index (χ2n) is 6.82. The van der Waals surface area contributed by atoms with Gasteiger partial charge in [0.1, 0.15) is 0 Å². The fourth-order valence-corrected chi connectivity index (χ4v) is 4.14. The van der Waals surface area contributed by atoms with E-state index >= 15 is 0 Å². The van der Waals surface area contributed by atoms with Crippen LogP contribution in [0, 0.1) is 11.3 Å². The number of carboxylic acid groups (broad SMARTS) is 1. The van der Waals surface area contributed by atoms with Crippen molar-refractivity contribution in [3.05, 3.63) is 28.0 Å². The molecule has 2 atom stereocenters. The molecule has 116 valence electrons. The van der Waals surface area contributed by atoms with Gasteiger partial charge in [-0.1, -0.05) is 20.8 Å². The van der Waals surface area contributed by atoms with Crippen molar-refractivity contribution in [1.29, 1.82) is 0 Å². The van der Waals surface area contributed by atoms with Gasteiger partial charge in [-0.3, -0.25) is 0 Å². The summed E-state index contributed by atoms with van der Waals surface area (Å²) in [6.07, 6.45) is 6.61. The average molecular weight is 308 g/mol. The molecule has 1 aromatic rings. The summed E-state index contributed by atoms with van der Waals surface area (Å²) in [5.74, 6) is -0.218. The van der Waals surface area contributed by atoms with Crippen molar-refractivity contribution in [2.45, 2.75) is 52.7 Å². The monoisotopic (exact) mass is 308 g/mol. The number of rotatable bonds is 5. The first-order chi connectivity index (χ1) is 9.85. The average Bonchev–Trinajstić information content (AvgIpc) is 2.78. The van der Waals surface area contributed by atoms with Crippen LogP contribution in [0.1, 0.15) is 50.5 Å². The Labute approximate surface area is 130 Å². The molecule has 2 unspecified atom stereocenters. The summed E-state index contributed by atoms with van der Waals surface area (Å²) in [5, 5.41) is 10.7. The zero-order chi connectivity index (χ0) is 15.5. The number of ether oxygens (including phenoxy) is 1. The third-order valence-corrected chi connectivity index (χ3v) is 4.89. The Kier molecular flexibility index (Phi) is 5.22. The molecule has 0 aromatic carbocycles. The number of aliphatic carboxylic acids is 1. The van der Waals surface area contributed by atoms with Crippen LogP contribution in [0.4, 0.5) is 0 Å². The third kappa shape index (κ3) is 4.97. The van der Waals surface area contributed by atoms with Crippen LogP contribution in [-0.4, -0.2) is 17.2 Å². The Bertz CT molecular complexity index is 516. The summed E-state index contributed by atoms with van der Waals surface area (Å²) in [6.45, 7) is 7.49. The van der Waals surface area contributed by atoms with Crippen LogP contribution in [0.2, 0.25) is 0 Å². The molecule has 4 heteroatoms. The molecule has 0 amide bonds. The molecule has 0 bridgehead atoms. The fraction of sp³-hybridized carbons (Fsp3) is 0.588. The second kappa shape index (κ2) is 6.75. The summed E-state index contributed by atoms with van der Waals surface area (Å²) in [7, 11) is 0. The molecule has 1 aliphatic carbocycles. The molecule has 3 nitrogen and oxygen atoms in total. The van der Waals surface area contributed by atoms with Crippen molar-refractivity contribution >= 4 is 23.4 Å². The highest BCUT2D eigenvalue weighted by atomic mass is 32.1. The molecule has 1 heterocycles. The van der Waals surface area contributed by atoms with Gasteiger partial charge in [-0.15, -0.1) is 11.3 Å². The highest BCUT2D eigenvalue weighted by Crippen LogP contribution is 2.40. The van der Waals surface area contributed by atoms with Crippen LogP contribution in [-0.2, 0) is 16.1 Å². The van der Waals surface area contributed by atoms with E-state index in [2.05, 4.69) is 20.8 Å². The molecule has 1 saturated carbocycles. The van der Waals surface area contributed by atoms with Crippen LogP contribution in [0.25, 0.3) is 6.08 Å². The highest BCUT2D eigenvalue weighted by molar-refractivity contribution is 7.10. The Hall–Kier alpha value is -1.13. The lowest BCUT2D eigenvalue weighted by Crippen LogP contribution is -2.32. The minimum Gasteiger partial charge on any atom is -0.478 e. The molecule has 0 radical (unpaired) electrons. The summed E-state index contributed by atoms with van der Waals surface area (Å²) in [4.78, 5) is 11.7. The Morgan fingerprint density at radius 1 is 1.52 bits per heavy atom. The van der Waals surface area contributed by atoms with Crippen molar-refractivity contribution in [2.75, 3.05) is 0 Å². The lowest BCUT2D eigenvalue weighted by atomic mass is 9.71. The normalized spacial score (nSPS) is 25.3. The van der Waals surface area contributed by atoms with E-state index in [4.69, 9.17) is 9.84 Å². The zero-order valence-electron chi connectivity index (χ0n) is 13.0. The van der Waals surface area contributed by atoms with Gasteiger partial charge in [0.15, 0.2) is 0 Å². The van der Waals surface area contributed by atoms with Crippen molar-refractivity contribution in [2.24, 2.45) is 11.3 Å². The van der Waals surface area contributed by atoms with Gasteiger partial charge in [-0.25, -0.2) is 4.79 Å². The van der Waals surface area contributed by atoms with Gasteiger partial charge in [0.25, 0.3) is 0 Å². The standard InChI is InChI=1S/C17H24O3S/c1-12-8-14(10-17(2,3)9-12)20-11-15-13(6-7-21-15)4-5-16(18)19/h4-7,12,14H,8-11H2,1-3H3,(H,18,19). The Morgan fingerprint density at radius 3 is 2.95 bits per heavy atom. The van der Waals surface area contributed by atoms with E-state index in [0.29, 0.717) is 24.0 Å². The number of hydrogen-bond acceptors (Lipinski definition) is 3. The molecule has 2 rings (SSSR count). The molecule has 1 aromatic heterocycles. The summed E-state index contributed by atoms with van der Waals surface area (Å²) in [6, 6.07) is 1.94. The van der Waals surface area contributed by atoms with E-state index in [1.54, 1.807) is 17.4 Å². The van der Waals surface area contributed by atoms with Crippen molar-refractivity contribution in [3.63, 3.8) is 0 Å². The maximum Gasteiger partial charge on any atom is 0.328 e. The SMILES string of the molecule is CC1CC(OCc2sccc2C=CC(=O)O)CC(C)(C)C1. The Morgan fingerprint density at radius 2 is 2.29 bits per heavy atom. The predicted molar refractivity (Wildman–Crippen MR) is 86.4 cm³/mol. The van der Waals surface area contributed by atoms with Gasteiger partial charge >= 0.3 is 5.97 Å². The van der Waals surface area contributed by atoms with E-state index in [1.165, 1.54) is 12.5 Å². The van der Waals surface area contributed by atoms with Crippen LogP contribution in [0.15, 0.2) is 17.5 Å². The van der Waals surface area contributed by atoms with Crippen LogP contribution in [0.3, 0.4) is 0 Å². The van der Waals surface area contributed by atoms with Gasteiger partial charge in [0, 0.05) is 11.0 Å². The van der Waals surface area contributed by atoms with Crippen LogP contribution >= 0.6 is 11.3 Å². The van der Waals surface area contributed by atoms with E-state index in [0.717, 1.165) is 23.3 Å². The lowest BCUT2D eigenvalue weighted by Gasteiger charge is -2.38.